The summed E-state index contributed by atoms with van der Waals surface area (Å²) in [7, 11) is 4.98. The van der Waals surface area contributed by atoms with Crippen molar-refractivity contribution in [3.63, 3.8) is 0 Å². The van der Waals surface area contributed by atoms with Crippen LogP contribution in [-0.2, 0) is 18.9 Å². The minimum absolute atomic E-state index is 0.00552. The van der Waals surface area contributed by atoms with Crippen molar-refractivity contribution in [3.05, 3.63) is 24.2 Å². The highest BCUT2D eigenvalue weighted by atomic mass is 16.7. The van der Waals surface area contributed by atoms with Gasteiger partial charge in [-0.15, -0.1) is 0 Å². The SMILES string of the molecule is COC(=O)OC[C@@H]1C[C@@H](OC(C)(C)O)[C@H](c2ccc3c(N=CN(C)C)ncnn23)O1. The molecule has 0 aliphatic carbocycles. The second-order valence-corrected chi connectivity index (χ2v) is 7.63. The van der Waals surface area contributed by atoms with Gasteiger partial charge >= 0.3 is 6.16 Å². The van der Waals surface area contributed by atoms with Crippen LogP contribution in [0.3, 0.4) is 0 Å². The van der Waals surface area contributed by atoms with Gasteiger partial charge in [-0.25, -0.2) is 19.3 Å². The molecule has 0 bridgehead atoms. The van der Waals surface area contributed by atoms with E-state index in [1.165, 1.54) is 13.4 Å². The summed E-state index contributed by atoms with van der Waals surface area (Å²) >= 11 is 0. The van der Waals surface area contributed by atoms with Gasteiger partial charge in [0.15, 0.2) is 11.6 Å². The molecule has 1 saturated heterocycles. The molecule has 0 spiro atoms. The third-order valence-corrected chi connectivity index (χ3v) is 4.33. The summed E-state index contributed by atoms with van der Waals surface area (Å²) in [6.45, 7) is 3.11. The molecule has 2 aromatic rings. The van der Waals surface area contributed by atoms with Gasteiger partial charge in [0.2, 0.25) is 0 Å². The summed E-state index contributed by atoms with van der Waals surface area (Å²) in [5.74, 6) is -0.860. The molecule has 0 radical (unpaired) electrons. The van der Waals surface area contributed by atoms with E-state index in [2.05, 4.69) is 19.8 Å². The van der Waals surface area contributed by atoms with Gasteiger partial charge < -0.3 is 29.0 Å². The van der Waals surface area contributed by atoms with E-state index in [0.29, 0.717) is 23.4 Å². The van der Waals surface area contributed by atoms with Crippen molar-refractivity contribution in [1.29, 1.82) is 0 Å². The number of carbonyl (C=O) groups excluding carboxylic acids is 1. The smallest absolute Gasteiger partial charge is 0.438 e. The zero-order valence-corrected chi connectivity index (χ0v) is 17.7. The van der Waals surface area contributed by atoms with Gasteiger partial charge in [0.25, 0.3) is 0 Å². The Balaban J connectivity index is 1.89. The molecule has 30 heavy (non-hydrogen) atoms. The van der Waals surface area contributed by atoms with Crippen LogP contribution < -0.4 is 0 Å². The van der Waals surface area contributed by atoms with Crippen molar-refractivity contribution in [3.8, 4) is 0 Å². The van der Waals surface area contributed by atoms with Crippen molar-refractivity contribution in [2.75, 3.05) is 27.8 Å². The molecule has 11 heteroatoms. The molecule has 0 unspecified atom stereocenters. The Hall–Kier alpha value is -2.76. The topological polar surface area (TPSA) is 120 Å². The quantitative estimate of drug-likeness (QED) is 0.308. The third-order valence-electron chi connectivity index (χ3n) is 4.33. The van der Waals surface area contributed by atoms with Crippen LogP contribution in [0.5, 0.6) is 0 Å². The Bertz CT molecular complexity index is 906. The van der Waals surface area contributed by atoms with Crippen LogP contribution in [-0.4, -0.2) is 82.9 Å². The normalized spacial score (nSPS) is 22.0. The highest BCUT2D eigenvalue weighted by Gasteiger charge is 2.41. The Kier molecular flexibility index (Phi) is 6.54. The van der Waals surface area contributed by atoms with Crippen LogP contribution in [0.15, 0.2) is 23.5 Å². The van der Waals surface area contributed by atoms with Gasteiger partial charge in [-0.05, 0) is 26.0 Å². The van der Waals surface area contributed by atoms with Crippen molar-refractivity contribution in [1.82, 2.24) is 19.5 Å². The fourth-order valence-electron chi connectivity index (χ4n) is 3.23. The molecule has 164 valence electrons. The minimum atomic E-state index is -1.37. The van der Waals surface area contributed by atoms with Gasteiger partial charge in [-0.2, -0.15) is 5.10 Å². The van der Waals surface area contributed by atoms with Gasteiger partial charge in [-0.1, -0.05) is 0 Å². The highest BCUT2D eigenvalue weighted by molar-refractivity contribution is 5.70. The molecule has 0 amide bonds. The number of hydrogen-bond acceptors (Lipinski definition) is 9. The number of aliphatic hydroxyl groups is 1. The fraction of sp³-hybridized carbons (Fsp3) is 0.579. The van der Waals surface area contributed by atoms with Gasteiger partial charge in [-0.3, -0.25) is 0 Å². The van der Waals surface area contributed by atoms with Crippen LogP contribution in [0.1, 0.15) is 32.1 Å². The molecule has 3 atom stereocenters. The number of aromatic nitrogens is 3. The Labute approximate surface area is 174 Å². The van der Waals surface area contributed by atoms with E-state index >= 15 is 0 Å². The van der Waals surface area contributed by atoms with E-state index < -0.39 is 30.3 Å². The molecule has 11 nitrogen and oxygen atoms in total. The number of nitrogens with zero attached hydrogens (tertiary/aromatic N) is 5. The van der Waals surface area contributed by atoms with Gasteiger partial charge in [0, 0.05) is 20.5 Å². The van der Waals surface area contributed by atoms with Crippen LogP contribution >= 0.6 is 0 Å². The second-order valence-electron chi connectivity index (χ2n) is 7.63. The number of hydrogen-bond donors (Lipinski definition) is 1. The molecule has 3 rings (SSSR count). The number of rotatable bonds is 7. The average Bonchev–Trinajstić information content (AvgIpc) is 3.26. The second kappa shape index (κ2) is 8.94. The van der Waals surface area contributed by atoms with Crippen molar-refractivity contribution >= 4 is 23.8 Å². The molecular formula is C19H27N5O6. The lowest BCUT2D eigenvalue weighted by Gasteiger charge is -2.26. The summed E-state index contributed by atoms with van der Waals surface area (Å²) < 4.78 is 23.1. The lowest BCUT2D eigenvalue weighted by molar-refractivity contribution is -0.215. The zero-order chi connectivity index (χ0) is 21.9. The van der Waals surface area contributed by atoms with Gasteiger partial charge in [0.1, 0.15) is 24.6 Å². The van der Waals surface area contributed by atoms with Gasteiger partial charge in [0.05, 0.1) is 31.4 Å². The molecule has 1 fully saturated rings. The predicted molar refractivity (Wildman–Crippen MR) is 107 cm³/mol. The van der Waals surface area contributed by atoms with Crippen LogP contribution in [0.4, 0.5) is 10.6 Å². The van der Waals surface area contributed by atoms with Crippen LogP contribution in [0.2, 0.25) is 0 Å². The number of carbonyl (C=O) groups is 1. The minimum Gasteiger partial charge on any atom is -0.438 e. The van der Waals surface area contributed by atoms with E-state index in [-0.39, 0.29) is 6.61 Å². The summed E-state index contributed by atoms with van der Waals surface area (Å²) in [5.41, 5.74) is 1.41. The van der Waals surface area contributed by atoms with Crippen molar-refractivity contribution in [2.45, 2.75) is 44.4 Å². The molecule has 1 aliphatic heterocycles. The Morgan fingerprint density at radius 1 is 1.47 bits per heavy atom. The maximum absolute atomic E-state index is 11.3. The van der Waals surface area contributed by atoms with E-state index in [4.69, 9.17) is 14.2 Å². The third kappa shape index (κ3) is 5.23. The summed E-state index contributed by atoms with van der Waals surface area (Å²) in [6.07, 6.45) is 1.23. The molecular weight excluding hydrogens is 394 g/mol. The standard InChI is InChI=1S/C19H27N5O6/c1-19(2,26)30-15-8-12(9-28-18(25)27-5)29-16(15)13-6-7-14-17(21-11-23(3)4)20-10-22-24(13)14/h6-7,10-12,15-16,26H,8-9H2,1-5H3/t12-,15+,16-/m0/s1. The maximum atomic E-state index is 11.3. The number of methoxy groups -OCH3 is 1. The first-order valence-corrected chi connectivity index (χ1v) is 9.47. The summed E-state index contributed by atoms with van der Waals surface area (Å²) in [4.78, 5) is 21.7. The van der Waals surface area contributed by atoms with E-state index in [9.17, 15) is 9.90 Å². The molecule has 1 aliphatic rings. The molecule has 1 N–H and O–H groups in total. The summed E-state index contributed by atoms with van der Waals surface area (Å²) in [6, 6.07) is 3.70. The molecule has 0 aromatic carbocycles. The average molecular weight is 421 g/mol. The zero-order valence-electron chi connectivity index (χ0n) is 17.7. The first-order chi connectivity index (χ1) is 14.2. The molecule has 2 aromatic heterocycles. The fourth-order valence-corrected chi connectivity index (χ4v) is 3.23. The largest absolute Gasteiger partial charge is 0.508 e. The van der Waals surface area contributed by atoms with Crippen molar-refractivity contribution in [2.24, 2.45) is 4.99 Å². The van der Waals surface area contributed by atoms with E-state index in [0.717, 1.165) is 0 Å². The van der Waals surface area contributed by atoms with Crippen molar-refractivity contribution < 1.29 is 28.8 Å². The maximum Gasteiger partial charge on any atom is 0.508 e. The first-order valence-electron chi connectivity index (χ1n) is 9.47. The lowest BCUT2D eigenvalue weighted by atomic mass is 10.1. The van der Waals surface area contributed by atoms with E-state index in [1.54, 1.807) is 24.7 Å². The van der Waals surface area contributed by atoms with E-state index in [1.807, 2.05) is 31.1 Å². The number of fused-ring (bicyclic) bond motifs is 1. The number of ether oxygens (including phenoxy) is 4. The number of aliphatic imine (C=N–C) groups is 1. The van der Waals surface area contributed by atoms with Crippen LogP contribution in [0, 0.1) is 0 Å². The Morgan fingerprint density at radius 3 is 2.90 bits per heavy atom. The predicted octanol–water partition coefficient (Wildman–Crippen LogP) is 1.68. The molecule has 3 heterocycles. The highest BCUT2D eigenvalue weighted by Crippen LogP contribution is 2.38. The van der Waals surface area contributed by atoms with Crippen LogP contribution in [0.25, 0.3) is 5.52 Å². The monoisotopic (exact) mass is 421 g/mol. The lowest BCUT2D eigenvalue weighted by Crippen LogP contribution is -2.32. The Morgan fingerprint density at radius 2 is 2.23 bits per heavy atom. The molecule has 0 saturated carbocycles. The summed E-state index contributed by atoms with van der Waals surface area (Å²) in [5, 5.41) is 14.5. The first kappa shape index (κ1) is 21.9.